The van der Waals surface area contributed by atoms with Crippen molar-refractivity contribution in [1.29, 1.82) is 0 Å². The van der Waals surface area contributed by atoms with E-state index in [1.165, 1.54) is 0 Å². The van der Waals surface area contributed by atoms with Gasteiger partial charge in [0.15, 0.2) is 5.89 Å². The third-order valence-corrected chi connectivity index (χ3v) is 2.35. The summed E-state index contributed by atoms with van der Waals surface area (Å²) in [5, 5.41) is 9.17. The summed E-state index contributed by atoms with van der Waals surface area (Å²) in [5.74, 6) is 1.05. The molecule has 0 aliphatic carbocycles. The summed E-state index contributed by atoms with van der Waals surface area (Å²) in [6, 6.07) is 0. The molecule has 0 radical (unpaired) electrons. The number of aliphatic hydroxyl groups is 1. The van der Waals surface area contributed by atoms with Crippen molar-refractivity contribution in [2.45, 2.75) is 31.8 Å². The highest BCUT2D eigenvalue weighted by Gasteiger charge is 2.22. The number of ether oxygens (including phenoxy) is 1. The fraction of sp³-hybridized carbons (Fsp3) is 0.700. The molecule has 1 N–H and O–H groups in total. The molecule has 4 heteroatoms. The zero-order valence-electron chi connectivity index (χ0n) is 8.27. The Labute approximate surface area is 82.9 Å². The largest absolute Gasteiger partial charge is 0.448 e. The maximum absolute atomic E-state index is 9.17. The van der Waals surface area contributed by atoms with Crippen LogP contribution < -0.4 is 0 Å². The van der Waals surface area contributed by atoms with Crippen LogP contribution in [0.5, 0.6) is 0 Å². The number of hydrogen-bond donors (Lipinski definition) is 1. The van der Waals surface area contributed by atoms with Crippen LogP contribution in [0.3, 0.4) is 0 Å². The van der Waals surface area contributed by atoms with Crippen LogP contribution in [0.25, 0.3) is 0 Å². The van der Waals surface area contributed by atoms with E-state index >= 15 is 0 Å². The van der Waals surface area contributed by atoms with Crippen molar-refractivity contribution in [3.05, 3.63) is 17.8 Å². The van der Waals surface area contributed by atoms with Crippen LogP contribution in [-0.4, -0.2) is 29.4 Å². The second-order valence-electron chi connectivity index (χ2n) is 3.79. The zero-order chi connectivity index (χ0) is 9.97. The maximum Gasteiger partial charge on any atom is 0.199 e. The lowest BCUT2D eigenvalue weighted by Gasteiger charge is -2.00. The fourth-order valence-corrected chi connectivity index (χ4v) is 1.64. The summed E-state index contributed by atoms with van der Waals surface area (Å²) in [7, 11) is 0. The summed E-state index contributed by atoms with van der Waals surface area (Å²) >= 11 is 0. The van der Waals surface area contributed by atoms with Crippen LogP contribution in [0.15, 0.2) is 10.7 Å². The average Bonchev–Trinajstić information content (AvgIpc) is 2.69. The van der Waals surface area contributed by atoms with Crippen LogP contribution in [-0.2, 0) is 11.2 Å². The van der Waals surface area contributed by atoms with Gasteiger partial charge in [0.2, 0.25) is 0 Å². The Morgan fingerprint density at radius 1 is 1.71 bits per heavy atom. The van der Waals surface area contributed by atoms with E-state index in [4.69, 9.17) is 9.15 Å². The molecule has 0 bridgehead atoms. The first-order chi connectivity index (χ1) is 6.75. The highest BCUT2D eigenvalue weighted by Crippen LogP contribution is 2.24. The first-order valence-corrected chi connectivity index (χ1v) is 4.96. The maximum atomic E-state index is 9.17. The quantitative estimate of drug-likeness (QED) is 0.788. The number of nitrogens with zero attached hydrogens (tertiary/aromatic N) is 1. The first-order valence-electron chi connectivity index (χ1n) is 4.96. The third-order valence-electron chi connectivity index (χ3n) is 2.35. The SMILES string of the molecule is CC(O)Cc1coc(C2CCOC2)n1. The summed E-state index contributed by atoms with van der Waals surface area (Å²) < 4.78 is 10.6. The van der Waals surface area contributed by atoms with Gasteiger partial charge in [0.05, 0.1) is 24.3 Å². The van der Waals surface area contributed by atoms with E-state index in [9.17, 15) is 5.11 Å². The Balaban J connectivity index is 2.01. The summed E-state index contributed by atoms with van der Waals surface area (Å²) in [4.78, 5) is 4.33. The van der Waals surface area contributed by atoms with E-state index < -0.39 is 0 Å². The van der Waals surface area contributed by atoms with Crippen LogP contribution in [0.4, 0.5) is 0 Å². The molecule has 0 saturated carbocycles. The molecule has 1 saturated heterocycles. The van der Waals surface area contributed by atoms with Gasteiger partial charge in [-0.2, -0.15) is 0 Å². The van der Waals surface area contributed by atoms with Gasteiger partial charge in [0.25, 0.3) is 0 Å². The predicted molar refractivity (Wildman–Crippen MR) is 50.1 cm³/mol. The Hall–Kier alpha value is -0.870. The van der Waals surface area contributed by atoms with Crippen molar-refractivity contribution in [1.82, 2.24) is 4.98 Å². The normalized spacial score (nSPS) is 24.0. The van der Waals surface area contributed by atoms with Crippen LogP contribution >= 0.6 is 0 Å². The van der Waals surface area contributed by atoms with Crippen molar-refractivity contribution in [3.63, 3.8) is 0 Å². The second kappa shape index (κ2) is 4.11. The van der Waals surface area contributed by atoms with Crippen LogP contribution in [0, 0.1) is 0 Å². The van der Waals surface area contributed by atoms with Gasteiger partial charge in [-0.1, -0.05) is 0 Å². The third kappa shape index (κ3) is 2.13. The van der Waals surface area contributed by atoms with Gasteiger partial charge in [-0.15, -0.1) is 0 Å². The minimum absolute atomic E-state index is 0.303. The topological polar surface area (TPSA) is 55.5 Å². The number of aliphatic hydroxyl groups excluding tert-OH is 1. The summed E-state index contributed by atoms with van der Waals surface area (Å²) in [6.45, 7) is 3.24. The van der Waals surface area contributed by atoms with E-state index in [1.807, 2.05) is 0 Å². The molecule has 1 aromatic rings. The van der Waals surface area contributed by atoms with E-state index in [-0.39, 0.29) is 6.10 Å². The van der Waals surface area contributed by atoms with E-state index in [2.05, 4.69) is 4.98 Å². The van der Waals surface area contributed by atoms with Gasteiger partial charge in [-0.25, -0.2) is 4.98 Å². The molecule has 0 spiro atoms. The van der Waals surface area contributed by atoms with Gasteiger partial charge in [-0.3, -0.25) is 0 Å². The summed E-state index contributed by atoms with van der Waals surface area (Å²) in [5.41, 5.74) is 0.821. The molecule has 1 aromatic heterocycles. The molecule has 1 fully saturated rings. The molecule has 2 heterocycles. The Kier molecular flexibility index (Phi) is 2.84. The van der Waals surface area contributed by atoms with Gasteiger partial charge in [0, 0.05) is 13.0 Å². The number of aromatic nitrogens is 1. The Morgan fingerprint density at radius 3 is 3.21 bits per heavy atom. The lowest BCUT2D eigenvalue weighted by molar-refractivity contribution is 0.190. The number of hydrogen-bond acceptors (Lipinski definition) is 4. The monoisotopic (exact) mass is 197 g/mol. The molecule has 1 aliphatic heterocycles. The minimum atomic E-state index is -0.368. The lowest BCUT2D eigenvalue weighted by atomic mass is 10.1. The Morgan fingerprint density at radius 2 is 2.57 bits per heavy atom. The van der Waals surface area contributed by atoms with Crippen molar-refractivity contribution < 1.29 is 14.3 Å². The second-order valence-corrected chi connectivity index (χ2v) is 3.79. The average molecular weight is 197 g/mol. The first kappa shape index (κ1) is 9.68. The van der Waals surface area contributed by atoms with Crippen LogP contribution in [0.2, 0.25) is 0 Å². The van der Waals surface area contributed by atoms with Crippen molar-refractivity contribution in [2.75, 3.05) is 13.2 Å². The van der Waals surface area contributed by atoms with Gasteiger partial charge >= 0.3 is 0 Å². The van der Waals surface area contributed by atoms with E-state index in [0.717, 1.165) is 24.6 Å². The van der Waals surface area contributed by atoms with Gasteiger partial charge < -0.3 is 14.3 Å². The molecular formula is C10H15NO3. The fourth-order valence-electron chi connectivity index (χ4n) is 1.64. The standard InChI is InChI=1S/C10H15NO3/c1-7(12)4-9-6-14-10(11-9)8-2-3-13-5-8/h6-8,12H,2-5H2,1H3. The molecular weight excluding hydrogens is 182 g/mol. The van der Waals surface area contributed by atoms with E-state index in [1.54, 1.807) is 13.2 Å². The molecule has 0 aromatic carbocycles. The van der Waals surface area contributed by atoms with Crippen molar-refractivity contribution >= 4 is 0 Å². The molecule has 14 heavy (non-hydrogen) atoms. The minimum Gasteiger partial charge on any atom is -0.448 e. The Bertz CT molecular complexity index is 289. The molecule has 1 aliphatic rings. The lowest BCUT2D eigenvalue weighted by Crippen LogP contribution is -2.05. The van der Waals surface area contributed by atoms with Gasteiger partial charge in [-0.05, 0) is 13.3 Å². The van der Waals surface area contributed by atoms with Crippen molar-refractivity contribution in [2.24, 2.45) is 0 Å². The zero-order valence-corrected chi connectivity index (χ0v) is 8.27. The number of oxazole rings is 1. The molecule has 78 valence electrons. The molecule has 2 rings (SSSR count). The highest BCUT2D eigenvalue weighted by atomic mass is 16.5. The van der Waals surface area contributed by atoms with Crippen LogP contribution in [0.1, 0.15) is 30.8 Å². The van der Waals surface area contributed by atoms with Crippen molar-refractivity contribution in [3.8, 4) is 0 Å². The molecule has 2 atom stereocenters. The summed E-state index contributed by atoms with van der Waals surface area (Å²) in [6.07, 6.45) is 2.79. The van der Waals surface area contributed by atoms with Gasteiger partial charge in [0.1, 0.15) is 6.26 Å². The smallest absolute Gasteiger partial charge is 0.199 e. The highest BCUT2D eigenvalue weighted by molar-refractivity contribution is 5.02. The molecule has 0 amide bonds. The molecule has 2 unspecified atom stereocenters. The predicted octanol–water partition coefficient (Wildman–Crippen LogP) is 1.10. The molecule has 4 nitrogen and oxygen atoms in total. The number of rotatable bonds is 3. The van der Waals surface area contributed by atoms with E-state index in [0.29, 0.717) is 18.9 Å².